The molecule has 0 aliphatic rings. The second-order valence-corrected chi connectivity index (χ2v) is 5.66. The lowest BCUT2D eigenvalue weighted by atomic mass is 9.96. The third-order valence-electron chi connectivity index (χ3n) is 3.98. The van der Waals surface area contributed by atoms with Gasteiger partial charge in [0.2, 0.25) is 0 Å². The first-order valence-corrected chi connectivity index (χ1v) is 7.82. The van der Waals surface area contributed by atoms with Gasteiger partial charge in [-0.3, -0.25) is 0 Å². The molecule has 114 valence electrons. The summed E-state index contributed by atoms with van der Waals surface area (Å²) in [6, 6.07) is 25.3. The zero-order chi connectivity index (χ0) is 16.1. The molecule has 0 aliphatic heterocycles. The number of benzene rings is 3. The molecule has 1 atom stereocenters. The smallest absolute Gasteiger partial charge is 0.131 e. The van der Waals surface area contributed by atoms with Crippen LogP contribution in [-0.2, 0) is 0 Å². The van der Waals surface area contributed by atoms with Crippen LogP contribution in [0.2, 0.25) is 0 Å². The Morgan fingerprint density at radius 3 is 2.13 bits per heavy atom. The van der Waals surface area contributed by atoms with E-state index in [1.165, 1.54) is 0 Å². The standard InChI is InChI=1S/C22H19F/c1-17(12-13-18-8-4-2-5-9-18)20-14-15-21(22(23)16-20)19-10-6-3-7-11-19/h2-17H,1H3/b13-12+/t17-/m0/s1. The van der Waals surface area contributed by atoms with Gasteiger partial charge in [0.1, 0.15) is 5.82 Å². The molecule has 0 aromatic heterocycles. The summed E-state index contributed by atoms with van der Waals surface area (Å²) < 4.78 is 14.4. The predicted octanol–water partition coefficient (Wildman–Crippen LogP) is 6.31. The minimum Gasteiger partial charge on any atom is -0.206 e. The van der Waals surface area contributed by atoms with E-state index in [2.05, 4.69) is 31.2 Å². The lowest BCUT2D eigenvalue weighted by molar-refractivity contribution is 0.628. The molecule has 0 fully saturated rings. The Labute approximate surface area is 136 Å². The summed E-state index contributed by atoms with van der Waals surface area (Å²) in [4.78, 5) is 0. The molecule has 0 saturated heterocycles. The Hall–Kier alpha value is -2.67. The summed E-state index contributed by atoms with van der Waals surface area (Å²) in [5.41, 5.74) is 3.69. The fourth-order valence-corrected chi connectivity index (χ4v) is 2.60. The van der Waals surface area contributed by atoms with E-state index in [0.717, 1.165) is 16.7 Å². The van der Waals surface area contributed by atoms with Gasteiger partial charge in [-0.25, -0.2) is 4.39 Å². The summed E-state index contributed by atoms with van der Waals surface area (Å²) in [5.74, 6) is -0.0109. The van der Waals surface area contributed by atoms with Crippen molar-refractivity contribution in [2.75, 3.05) is 0 Å². The van der Waals surface area contributed by atoms with E-state index in [-0.39, 0.29) is 11.7 Å². The Bertz CT molecular complexity index is 789. The lowest BCUT2D eigenvalue weighted by Gasteiger charge is -2.10. The molecule has 0 radical (unpaired) electrons. The molecule has 0 saturated carbocycles. The number of allylic oxidation sites excluding steroid dienone is 1. The molecular weight excluding hydrogens is 283 g/mol. The van der Waals surface area contributed by atoms with Gasteiger partial charge in [0, 0.05) is 5.56 Å². The van der Waals surface area contributed by atoms with Crippen molar-refractivity contribution in [3.8, 4) is 11.1 Å². The summed E-state index contributed by atoms with van der Waals surface area (Å²) in [7, 11) is 0. The largest absolute Gasteiger partial charge is 0.206 e. The quantitative estimate of drug-likeness (QED) is 0.530. The molecule has 1 heteroatoms. The first-order chi connectivity index (χ1) is 11.2. The Morgan fingerprint density at radius 1 is 0.826 bits per heavy atom. The maximum absolute atomic E-state index is 14.4. The van der Waals surface area contributed by atoms with Crippen molar-refractivity contribution in [3.63, 3.8) is 0 Å². The zero-order valence-electron chi connectivity index (χ0n) is 13.1. The van der Waals surface area contributed by atoms with Gasteiger partial charge in [-0.05, 0) is 28.7 Å². The highest BCUT2D eigenvalue weighted by Gasteiger charge is 2.08. The first-order valence-electron chi connectivity index (χ1n) is 7.82. The Morgan fingerprint density at radius 2 is 1.48 bits per heavy atom. The molecule has 3 rings (SSSR count). The van der Waals surface area contributed by atoms with E-state index in [9.17, 15) is 4.39 Å². The fraction of sp³-hybridized carbons (Fsp3) is 0.0909. The molecule has 3 aromatic rings. The van der Waals surface area contributed by atoms with Crippen LogP contribution in [-0.4, -0.2) is 0 Å². The van der Waals surface area contributed by atoms with E-state index in [4.69, 9.17) is 0 Å². The molecule has 3 aromatic carbocycles. The summed E-state index contributed by atoms with van der Waals surface area (Å²) in [6.45, 7) is 2.08. The number of hydrogen-bond acceptors (Lipinski definition) is 0. The number of halogens is 1. The molecule has 0 heterocycles. The third-order valence-corrected chi connectivity index (χ3v) is 3.98. The normalized spacial score (nSPS) is 12.4. The van der Waals surface area contributed by atoms with Gasteiger partial charge in [0.25, 0.3) is 0 Å². The van der Waals surface area contributed by atoms with Crippen LogP contribution in [0.25, 0.3) is 17.2 Å². The van der Waals surface area contributed by atoms with E-state index < -0.39 is 0 Å². The van der Waals surface area contributed by atoms with Crippen molar-refractivity contribution >= 4 is 6.08 Å². The summed E-state index contributed by atoms with van der Waals surface area (Å²) >= 11 is 0. The summed E-state index contributed by atoms with van der Waals surface area (Å²) in [6.07, 6.45) is 4.18. The number of rotatable bonds is 4. The van der Waals surface area contributed by atoms with Gasteiger partial charge in [0.15, 0.2) is 0 Å². The average molecular weight is 302 g/mol. The average Bonchev–Trinajstić information content (AvgIpc) is 2.61. The maximum Gasteiger partial charge on any atom is 0.131 e. The van der Waals surface area contributed by atoms with Crippen molar-refractivity contribution in [3.05, 3.63) is 102 Å². The van der Waals surface area contributed by atoms with Gasteiger partial charge in [0.05, 0.1) is 0 Å². The van der Waals surface area contributed by atoms with Crippen LogP contribution < -0.4 is 0 Å². The van der Waals surface area contributed by atoms with Crippen LogP contribution in [0.5, 0.6) is 0 Å². The molecule has 0 N–H and O–H groups in total. The number of hydrogen-bond donors (Lipinski definition) is 0. The first kappa shape index (κ1) is 15.2. The van der Waals surface area contributed by atoms with Gasteiger partial charge in [-0.1, -0.05) is 91.9 Å². The minimum absolute atomic E-state index is 0.162. The van der Waals surface area contributed by atoms with E-state index in [1.54, 1.807) is 6.07 Å². The topological polar surface area (TPSA) is 0 Å². The molecule has 0 spiro atoms. The van der Waals surface area contributed by atoms with Crippen LogP contribution in [0.4, 0.5) is 4.39 Å². The van der Waals surface area contributed by atoms with Gasteiger partial charge >= 0.3 is 0 Å². The fourth-order valence-electron chi connectivity index (χ4n) is 2.60. The van der Waals surface area contributed by atoms with Gasteiger partial charge in [-0.2, -0.15) is 0 Å². The molecule has 0 unspecified atom stereocenters. The van der Waals surface area contributed by atoms with E-state index >= 15 is 0 Å². The minimum atomic E-state index is -0.173. The van der Waals surface area contributed by atoms with Gasteiger partial charge in [-0.15, -0.1) is 0 Å². The predicted molar refractivity (Wildman–Crippen MR) is 95.7 cm³/mol. The molecule has 0 nitrogen and oxygen atoms in total. The van der Waals surface area contributed by atoms with Crippen molar-refractivity contribution in [1.82, 2.24) is 0 Å². The van der Waals surface area contributed by atoms with Crippen LogP contribution >= 0.6 is 0 Å². The summed E-state index contributed by atoms with van der Waals surface area (Å²) in [5, 5.41) is 0. The molecule has 0 bridgehead atoms. The van der Waals surface area contributed by atoms with Gasteiger partial charge < -0.3 is 0 Å². The Balaban J connectivity index is 1.81. The Kier molecular flexibility index (Phi) is 4.68. The van der Waals surface area contributed by atoms with Crippen molar-refractivity contribution in [2.45, 2.75) is 12.8 Å². The zero-order valence-corrected chi connectivity index (χ0v) is 13.1. The van der Waals surface area contributed by atoms with Crippen molar-refractivity contribution in [1.29, 1.82) is 0 Å². The van der Waals surface area contributed by atoms with Crippen LogP contribution in [0.3, 0.4) is 0 Å². The molecular formula is C22H19F. The van der Waals surface area contributed by atoms with Crippen LogP contribution in [0.1, 0.15) is 24.0 Å². The second kappa shape index (κ2) is 7.06. The van der Waals surface area contributed by atoms with Crippen molar-refractivity contribution in [2.24, 2.45) is 0 Å². The maximum atomic E-state index is 14.4. The molecule has 0 amide bonds. The highest BCUT2D eigenvalue weighted by Crippen LogP contribution is 2.27. The van der Waals surface area contributed by atoms with E-state index in [1.807, 2.05) is 60.7 Å². The molecule has 0 aliphatic carbocycles. The lowest BCUT2D eigenvalue weighted by Crippen LogP contribution is -1.92. The SMILES string of the molecule is C[C@@H](/C=C/c1ccccc1)c1ccc(-c2ccccc2)c(F)c1. The second-order valence-electron chi connectivity index (χ2n) is 5.66. The van der Waals surface area contributed by atoms with E-state index in [0.29, 0.717) is 5.56 Å². The van der Waals surface area contributed by atoms with Crippen LogP contribution in [0.15, 0.2) is 84.9 Å². The molecule has 23 heavy (non-hydrogen) atoms. The van der Waals surface area contributed by atoms with Crippen molar-refractivity contribution < 1.29 is 4.39 Å². The highest BCUT2D eigenvalue weighted by atomic mass is 19.1. The third kappa shape index (κ3) is 3.75. The monoisotopic (exact) mass is 302 g/mol. The van der Waals surface area contributed by atoms with Crippen LogP contribution in [0, 0.1) is 5.82 Å². The highest BCUT2D eigenvalue weighted by molar-refractivity contribution is 5.64.